The van der Waals surface area contributed by atoms with Crippen molar-refractivity contribution in [1.29, 1.82) is 0 Å². The summed E-state index contributed by atoms with van der Waals surface area (Å²) in [4.78, 5) is 45.0. The van der Waals surface area contributed by atoms with Crippen molar-refractivity contribution in [2.45, 2.75) is 69.2 Å². The lowest BCUT2D eigenvalue weighted by atomic mass is 9.69. The molecule has 8 nitrogen and oxygen atoms in total. The van der Waals surface area contributed by atoms with E-state index in [0.717, 1.165) is 81.7 Å². The molecule has 3 aliphatic heterocycles. The highest BCUT2D eigenvalue weighted by molar-refractivity contribution is 6.23. The number of hydrogen-bond acceptors (Lipinski definition) is 6. The Hall–Kier alpha value is -5.21. The van der Waals surface area contributed by atoms with E-state index in [2.05, 4.69) is 82.4 Å². The predicted octanol–water partition coefficient (Wildman–Crippen LogP) is 7.18. The number of benzene rings is 4. The van der Waals surface area contributed by atoms with E-state index < -0.39 is 6.04 Å². The molecule has 3 atom stereocenters. The van der Waals surface area contributed by atoms with Crippen LogP contribution in [-0.2, 0) is 17.6 Å². The lowest BCUT2D eigenvalue weighted by Crippen LogP contribution is -2.51. The third kappa shape index (κ3) is 7.12. The molecule has 2 N–H and O–H groups in total. The van der Waals surface area contributed by atoms with Crippen LogP contribution < -0.4 is 10.2 Å². The quantitative estimate of drug-likeness (QED) is 0.134. The second-order valence-electron chi connectivity index (χ2n) is 15.2. The van der Waals surface area contributed by atoms with Crippen LogP contribution in [0.1, 0.15) is 98.9 Å². The fraction of sp³-hybridized carbons (Fsp3) is 0.356. The van der Waals surface area contributed by atoms with Gasteiger partial charge in [0.2, 0.25) is 5.91 Å². The molecule has 8 heteroatoms. The van der Waals surface area contributed by atoms with Gasteiger partial charge in [-0.2, -0.15) is 0 Å². The van der Waals surface area contributed by atoms with Crippen molar-refractivity contribution in [1.82, 2.24) is 15.1 Å². The lowest BCUT2D eigenvalue weighted by molar-refractivity contribution is -0.125. The molecule has 4 aromatic rings. The first-order valence-electron chi connectivity index (χ1n) is 19.3. The van der Waals surface area contributed by atoms with E-state index in [0.29, 0.717) is 41.3 Å². The number of aromatic hydroxyl groups is 1. The zero-order chi connectivity index (χ0) is 36.5. The van der Waals surface area contributed by atoms with Crippen molar-refractivity contribution in [3.05, 3.63) is 142 Å². The van der Waals surface area contributed by atoms with E-state index in [1.54, 1.807) is 6.07 Å². The number of allylic oxidation sites excluding steroid dienone is 1. The van der Waals surface area contributed by atoms with Gasteiger partial charge >= 0.3 is 0 Å². The van der Waals surface area contributed by atoms with Crippen LogP contribution in [0, 0.1) is 0 Å². The van der Waals surface area contributed by atoms with Gasteiger partial charge in [-0.05, 0) is 122 Å². The van der Waals surface area contributed by atoms with E-state index >= 15 is 0 Å². The van der Waals surface area contributed by atoms with Crippen molar-refractivity contribution >= 4 is 23.4 Å². The Kier molecular flexibility index (Phi) is 9.88. The number of nitrogens with zero attached hydrogens (tertiary/aromatic N) is 3. The standard InChI is InChI=1S/C45H48N4O4/c1-30-11-22-41(43(51)46-30)49-44(52)39-19-12-31(28-40(39)45(49)53)8-4-3-7-23-47-24-26-48(27-25-47)35-16-13-33(14-17-35)42-37(32-9-5-2-6-10-32)20-15-34-29-36(50)18-21-38(34)42/h2,5-6,9-10,12-14,16-19,21,28-29,37,41-42,50H,1,3-4,7-8,11,15,20,22-27H2,(H,46,51)/t37-,41?,42+/m1/s1. The number of amides is 3. The number of anilines is 1. The highest BCUT2D eigenvalue weighted by Gasteiger charge is 2.44. The second kappa shape index (κ2) is 15.0. The molecular weight excluding hydrogens is 661 g/mol. The summed E-state index contributed by atoms with van der Waals surface area (Å²) in [6, 6.07) is 30.8. The molecule has 1 unspecified atom stereocenters. The van der Waals surface area contributed by atoms with Crippen LogP contribution in [0.4, 0.5) is 5.69 Å². The van der Waals surface area contributed by atoms with Crippen molar-refractivity contribution in [3.8, 4) is 5.75 Å². The van der Waals surface area contributed by atoms with Gasteiger partial charge in [-0.25, -0.2) is 0 Å². The van der Waals surface area contributed by atoms with Crippen LogP contribution in [0.15, 0.2) is 103 Å². The van der Waals surface area contributed by atoms with E-state index in [4.69, 9.17) is 0 Å². The summed E-state index contributed by atoms with van der Waals surface area (Å²) in [5.41, 5.74) is 9.04. The number of imide groups is 1. The molecule has 4 aromatic carbocycles. The summed E-state index contributed by atoms with van der Waals surface area (Å²) < 4.78 is 0. The van der Waals surface area contributed by atoms with E-state index in [1.165, 1.54) is 27.9 Å². The van der Waals surface area contributed by atoms with Gasteiger partial charge in [-0.3, -0.25) is 24.2 Å². The van der Waals surface area contributed by atoms with Crippen LogP contribution in [0.25, 0.3) is 0 Å². The van der Waals surface area contributed by atoms with Crippen LogP contribution in [0.2, 0.25) is 0 Å². The average Bonchev–Trinajstić information content (AvgIpc) is 3.42. The van der Waals surface area contributed by atoms with Gasteiger partial charge in [0.15, 0.2) is 0 Å². The summed E-state index contributed by atoms with van der Waals surface area (Å²) in [7, 11) is 0. The number of unbranched alkanes of at least 4 members (excludes halogenated alkanes) is 2. The third-order valence-electron chi connectivity index (χ3n) is 11.9. The minimum absolute atomic E-state index is 0.255. The molecule has 2 saturated heterocycles. The summed E-state index contributed by atoms with van der Waals surface area (Å²) in [6.07, 6.45) is 7.08. The first-order chi connectivity index (χ1) is 25.8. The van der Waals surface area contributed by atoms with Crippen LogP contribution in [-0.4, -0.2) is 71.4 Å². The molecule has 0 spiro atoms. The van der Waals surface area contributed by atoms with Crippen LogP contribution in [0.5, 0.6) is 5.75 Å². The number of fused-ring (bicyclic) bond motifs is 2. The van der Waals surface area contributed by atoms with Crippen molar-refractivity contribution in [2.75, 3.05) is 37.6 Å². The molecule has 3 amide bonds. The normalized spacial score (nSPS) is 21.8. The Morgan fingerprint density at radius 3 is 2.28 bits per heavy atom. The number of piperazine rings is 1. The fourth-order valence-electron chi connectivity index (χ4n) is 8.99. The largest absolute Gasteiger partial charge is 0.508 e. The first kappa shape index (κ1) is 34.9. The number of piperidine rings is 1. The highest BCUT2D eigenvalue weighted by atomic mass is 16.3. The molecule has 53 heavy (non-hydrogen) atoms. The fourth-order valence-corrected chi connectivity index (χ4v) is 8.99. The molecule has 0 bridgehead atoms. The third-order valence-corrected chi connectivity index (χ3v) is 11.9. The van der Waals surface area contributed by atoms with Crippen molar-refractivity contribution in [3.63, 3.8) is 0 Å². The molecule has 1 aliphatic carbocycles. The van der Waals surface area contributed by atoms with E-state index in [-0.39, 0.29) is 23.6 Å². The van der Waals surface area contributed by atoms with Crippen molar-refractivity contribution in [2.24, 2.45) is 0 Å². The number of hydrogen-bond donors (Lipinski definition) is 2. The highest BCUT2D eigenvalue weighted by Crippen LogP contribution is 2.47. The Morgan fingerprint density at radius 2 is 1.51 bits per heavy atom. The summed E-state index contributed by atoms with van der Waals surface area (Å²) >= 11 is 0. The number of phenols is 1. The molecule has 0 aromatic heterocycles. The molecular formula is C45H48N4O4. The molecule has 3 heterocycles. The minimum atomic E-state index is -0.783. The Bertz CT molecular complexity index is 2020. The zero-order valence-electron chi connectivity index (χ0n) is 30.3. The van der Waals surface area contributed by atoms with Gasteiger partial charge in [-0.15, -0.1) is 0 Å². The molecule has 272 valence electrons. The number of carbonyl (C=O) groups excluding carboxylic acids is 3. The van der Waals surface area contributed by atoms with Gasteiger partial charge in [0, 0.05) is 43.5 Å². The second-order valence-corrected chi connectivity index (χ2v) is 15.2. The average molecular weight is 709 g/mol. The topological polar surface area (TPSA) is 93.2 Å². The zero-order valence-corrected chi connectivity index (χ0v) is 30.3. The first-order valence-corrected chi connectivity index (χ1v) is 19.3. The van der Waals surface area contributed by atoms with Crippen LogP contribution in [0.3, 0.4) is 0 Å². The van der Waals surface area contributed by atoms with Crippen molar-refractivity contribution < 1.29 is 19.5 Å². The SMILES string of the molecule is C=C1CCC(N2C(=O)c3ccc(CCCCCN4CCN(c5ccc([C@@H]6c7ccc(O)cc7CC[C@@H]6c6ccccc6)cc5)CC4)cc3C2=O)C(=O)N1. The summed E-state index contributed by atoms with van der Waals surface area (Å²) in [6.45, 7) is 8.98. The van der Waals surface area contributed by atoms with Gasteiger partial charge in [0.1, 0.15) is 11.8 Å². The summed E-state index contributed by atoms with van der Waals surface area (Å²) in [5, 5.41) is 12.9. The Balaban J connectivity index is 0.811. The number of carbonyl (C=O) groups is 3. The van der Waals surface area contributed by atoms with E-state index in [1.807, 2.05) is 24.3 Å². The maximum Gasteiger partial charge on any atom is 0.262 e. The Morgan fingerprint density at radius 1 is 0.736 bits per heavy atom. The maximum absolute atomic E-state index is 13.2. The molecule has 4 aliphatic rings. The smallest absolute Gasteiger partial charge is 0.262 e. The van der Waals surface area contributed by atoms with Gasteiger partial charge in [0.05, 0.1) is 11.1 Å². The molecule has 0 saturated carbocycles. The maximum atomic E-state index is 13.2. The predicted molar refractivity (Wildman–Crippen MR) is 207 cm³/mol. The van der Waals surface area contributed by atoms with E-state index in [9.17, 15) is 19.5 Å². The van der Waals surface area contributed by atoms with Gasteiger partial charge in [0.25, 0.3) is 11.8 Å². The van der Waals surface area contributed by atoms with Gasteiger partial charge in [-0.1, -0.05) is 67.6 Å². The molecule has 8 rings (SSSR count). The number of aryl methyl sites for hydroxylation is 2. The molecule has 2 fully saturated rings. The van der Waals surface area contributed by atoms with Gasteiger partial charge < -0.3 is 15.3 Å². The number of rotatable bonds is 10. The molecule has 0 radical (unpaired) electrons. The lowest BCUT2D eigenvalue weighted by Gasteiger charge is -2.37. The summed E-state index contributed by atoms with van der Waals surface area (Å²) in [5.74, 6) is -0.0965. The monoisotopic (exact) mass is 708 g/mol. The minimum Gasteiger partial charge on any atom is -0.508 e. The Labute approximate surface area is 312 Å². The van der Waals surface area contributed by atoms with Crippen LogP contribution >= 0.6 is 0 Å². The number of phenolic OH excluding ortho intramolecular Hbond substituents is 1. The number of nitrogens with one attached hydrogen (secondary N) is 1.